The molecule has 0 saturated carbocycles. The zero-order valence-electron chi connectivity index (χ0n) is 20.0. The molecule has 0 radical (unpaired) electrons. The van der Waals surface area contributed by atoms with Gasteiger partial charge in [0.1, 0.15) is 22.0 Å². The van der Waals surface area contributed by atoms with Crippen LogP contribution in [0.15, 0.2) is 18.6 Å². The second kappa shape index (κ2) is 11.5. The number of aromatic amines is 1. The lowest BCUT2D eigenvalue weighted by molar-refractivity contribution is 0.0272. The summed E-state index contributed by atoms with van der Waals surface area (Å²) < 4.78 is 11.2. The molecular weight excluding hydrogens is 527 g/mol. The Morgan fingerprint density at radius 3 is 2.69 bits per heavy atom. The molecule has 3 aromatic heterocycles. The second-order valence-corrected chi connectivity index (χ2v) is 9.78. The van der Waals surface area contributed by atoms with Crippen molar-refractivity contribution in [3.63, 3.8) is 0 Å². The summed E-state index contributed by atoms with van der Waals surface area (Å²) >= 11 is 13.6. The average Bonchev–Trinajstić information content (AvgIpc) is 3.43. The van der Waals surface area contributed by atoms with E-state index in [0.29, 0.717) is 58.2 Å². The molecule has 4 rings (SSSR count). The molecule has 13 heteroatoms. The number of hydrogen-bond acceptors (Lipinski definition) is 9. The van der Waals surface area contributed by atoms with Crippen LogP contribution in [0.4, 0.5) is 5.13 Å². The van der Waals surface area contributed by atoms with Gasteiger partial charge in [-0.05, 0) is 27.2 Å². The Balaban J connectivity index is 1.55. The molecule has 0 aromatic carbocycles. The molecule has 0 bridgehead atoms. The molecule has 1 saturated heterocycles. The van der Waals surface area contributed by atoms with Crippen molar-refractivity contribution >= 4 is 51.5 Å². The van der Waals surface area contributed by atoms with Gasteiger partial charge < -0.3 is 24.7 Å². The molecule has 36 heavy (non-hydrogen) atoms. The van der Waals surface area contributed by atoms with Crippen molar-refractivity contribution in [1.82, 2.24) is 25.3 Å². The van der Waals surface area contributed by atoms with Gasteiger partial charge >= 0.3 is 5.97 Å². The number of carbonyl (C=O) groups is 2. The van der Waals surface area contributed by atoms with E-state index in [1.165, 1.54) is 11.3 Å². The highest BCUT2D eigenvalue weighted by Gasteiger charge is 2.34. The lowest BCUT2D eigenvalue weighted by Crippen LogP contribution is -2.55. The van der Waals surface area contributed by atoms with Gasteiger partial charge in [-0.1, -0.05) is 34.5 Å². The van der Waals surface area contributed by atoms with Gasteiger partial charge in [0.2, 0.25) is 0 Å². The molecule has 0 aliphatic carbocycles. The van der Waals surface area contributed by atoms with Gasteiger partial charge in [0.25, 0.3) is 5.91 Å². The Bertz CT molecular complexity index is 1230. The molecule has 10 nitrogen and oxygen atoms in total. The number of nitrogens with zero attached hydrogens (tertiary/aromatic N) is 4. The fourth-order valence-corrected chi connectivity index (χ4v) is 5.40. The highest BCUT2D eigenvalue weighted by atomic mass is 35.5. The van der Waals surface area contributed by atoms with Crippen molar-refractivity contribution in [3.8, 4) is 11.4 Å². The average molecular weight is 553 g/mol. The minimum absolute atomic E-state index is 0.197. The number of halogens is 2. The van der Waals surface area contributed by atoms with Gasteiger partial charge in [0.15, 0.2) is 5.13 Å². The number of rotatable bonds is 8. The predicted molar refractivity (Wildman–Crippen MR) is 138 cm³/mol. The summed E-state index contributed by atoms with van der Waals surface area (Å²) in [6, 6.07) is -0.254. The quantitative estimate of drug-likeness (QED) is 0.400. The first-order valence-electron chi connectivity index (χ1n) is 11.5. The molecule has 0 spiro atoms. The number of anilines is 1. The highest BCUT2D eigenvalue weighted by molar-refractivity contribution is 7.17. The first-order valence-corrected chi connectivity index (χ1v) is 13.1. The van der Waals surface area contributed by atoms with E-state index in [4.69, 9.17) is 37.7 Å². The zero-order valence-corrected chi connectivity index (χ0v) is 22.3. The second-order valence-electron chi connectivity index (χ2n) is 8.05. The van der Waals surface area contributed by atoms with Gasteiger partial charge in [0.05, 0.1) is 35.0 Å². The Morgan fingerprint density at radius 1 is 1.25 bits per heavy atom. The van der Waals surface area contributed by atoms with Crippen LogP contribution < -0.4 is 10.2 Å². The molecule has 0 unspecified atom stereocenters. The number of amides is 1. The summed E-state index contributed by atoms with van der Waals surface area (Å²) in [7, 11) is 0. The van der Waals surface area contributed by atoms with Crippen molar-refractivity contribution in [2.45, 2.75) is 39.3 Å². The summed E-state index contributed by atoms with van der Waals surface area (Å²) in [5.41, 5.74) is 1.77. The zero-order chi connectivity index (χ0) is 25.8. The minimum atomic E-state index is -0.456. The Kier molecular flexibility index (Phi) is 8.45. The largest absolute Gasteiger partial charge is 0.462 e. The number of nitrogens with one attached hydrogen (secondary N) is 2. The van der Waals surface area contributed by atoms with Crippen LogP contribution in [0, 0.1) is 6.92 Å². The third-order valence-electron chi connectivity index (χ3n) is 5.69. The normalized spacial score (nSPS) is 17.8. The van der Waals surface area contributed by atoms with E-state index >= 15 is 0 Å². The van der Waals surface area contributed by atoms with Crippen LogP contribution in [0.5, 0.6) is 0 Å². The number of thiazole rings is 1. The molecule has 1 aliphatic heterocycles. The minimum Gasteiger partial charge on any atom is -0.462 e. The number of hydrogen-bond donors (Lipinski definition) is 2. The first-order chi connectivity index (χ1) is 17.3. The lowest BCUT2D eigenvalue weighted by atomic mass is 10.0. The van der Waals surface area contributed by atoms with E-state index in [1.807, 2.05) is 11.8 Å². The molecule has 3 aromatic rings. The van der Waals surface area contributed by atoms with E-state index in [0.717, 1.165) is 0 Å². The van der Waals surface area contributed by atoms with E-state index in [9.17, 15) is 9.59 Å². The van der Waals surface area contributed by atoms with E-state index in [2.05, 4.69) is 20.3 Å². The maximum absolute atomic E-state index is 12.9. The third-order valence-corrected chi connectivity index (χ3v) is 7.73. The Morgan fingerprint density at radius 2 is 2.06 bits per heavy atom. The molecule has 1 aliphatic rings. The van der Waals surface area contributed by atoms with Gasteiger partial charge in [-0.3, -0.25) is 14.8 Å². The topological polar surface area (TPSA) is 122 Å². The predicted octanol–water partition coefficient (Wildman–Crippen LogP) is 4.13. The van der Waals surface area contributed by atoms with Crippen molar-refractivity contribution in [2.24, 2.45) is 0 Å². The van der Waals surface area contributed by atoms with E-state index in [1.54, 1.807) is 32.4 Å². The lowest BCUT2D eigenvalue weighted by Gasteiger charge is -2.38. The number of ether oxygens (including phenoxy) is 2. The van der Waals surface area contributed by atoms with Crippen LogP contribution in [-0.4, -0.2) is 70.3 Å². The van der Waals surface area contributed by atoms with Crippen LogP contribution in [-0.2, 0) is 9.47 Å². The SMILES string of the molecule is CCOC(=O)c1sc(N2CC[C@@H](NC(=O)c3[nH]c(C)c(Cl)c3Cl)[C@@H](OCC)C2)nc1-c1cnccn1. The molecule has 1 fully saturated rings. The Hall–Kier alpha value is -2.73. The summed E-state index contributed by atoms with van der Waals surface area (Å²) in [6.07, 6.45) is 4.95. The standard InChI is InChI=1S/C23H26Cl2N6O4S/c1-4-34-15-11-31(9-6-13(15)29-21(32)19-17(25)16(24)12(3)28-19)23-30-18(14-10-26-7-8-27-14)20(36-23)22(33)35-5-2/h7-8,10,13,15,28H,4-6,9,11H2,1-3H3,(H,29,32)/t13-,15+/m1/s1. The van der Waals surface area contributed by atoms with Crippen molar-refractivity contribution in [3.05, 3.63) is 44.9 Å². The monoisotopic (exact) mass is 552 g/mol. The van der Waals surface area contributed by atoms with Crippen molar-refractivity contribution in [2.75, 3.05) is 31.2 Å². The van der Waals surface area contributed by atoms with E-state index < -0.39 is 5.97 Å². The molecule has 192 valence electrons. The van der Waals surface area contributed by atoms with Gasteiger partial charge in [-0.15, -0.1) is 0 Å². The summed E-state index contributed by atoms with van der Waals surface area (Å²) in [4.78, 5) is 44.0. The number of carbonyl (C=O) groups excluding carboxylic acids is 2. The van der Waals surface area contributed by atoms with Crippen LogP contribution in [0.1, 0.15) is 46.1 Å². The van der Waals surface area contributed by atoms with Crippen LogP contribution in [0.3, 0.4) is 0 Å². The fraction of sp³-hybridized carbons (Fsp3) is 0.435. The van der Waals surface area contributed by atoms with Crippen LogP contribution in [0.25, 0.3) is 11.4 Å². The summed E-state index contributed by atoms with van der Waals surface area (Å²) in [5.74, 6) is -0.802. The third kappa shape index (κ3) is 5.49. The molecule has 4 heterocycles. The fourth-order valence-electron chi connectivity index (χ4n) is 3.98. The van der Waals surface area contributed by atoms with E-state index in [-0.39, 0.29) is 35.4 Å². The first kappa shape index (κ1) is 26.3. The number of aromatic nitrogens is 4. The van der Waals surface area contributed by atoms with Crippen LogP contribution in [0.2, 0.25) is 10.0 Å². The smallest absolute Gasteiger partial charge is 0.350 e. The maximum atomic E-state index is 12.9. The summed E-state index contributed by atoms with van der Waals surface area (Å²) in [5, 5.41) is 4.20. The van der Waals surface area contributed by atoms with Crippen molar-refractivity contribution < 1.29 is 19.1 Å². The number of aryl methyl sites for hydroxylation is 1. The molecule has 1 amide bonds. The van der Waals surface area contributed by atoms with Crippen molar-refractivity contribution in [1.29, 1.82) is 0 Å². The number of H-pyrrole nitrogens is 1. The number of piperidine rings is 1. The van der Waals surface area contributed by atoms with Crippen LogP contribution >= 0.6 is 34.5 Å². The maximum Gasteiger partial charge on any atom is 0.350 e. The highest BCUT2D eigenvalue weighted by Crippen LogP contribution is 2.35. The van der Waals surface area contributed by atoms with Gasteiger partial charge in [-0.25, -0.2) is 9.78 Å². The molecular formula is C23H26Cl2N6O4S. The van der Waals surface area contributed by atoms with Gasteiger partial charge in [0, 0.05) is 37.8 Å². The summed E-state index contributed by atoms with van der Waals surface area (Å²) in [6.45, 7) is 7.17. The van der Waals surface area contributed by atoms with Gasteiger partial charge in [-0.2, -0.15) is 0 Å². The Labute approximate surface area is 222 Å². The molecule has 2 N–H and O–H groups in total. The molecule has 2 atom stereocenters. The number of esters is 1.